The molecule has 8 nitrogen and oxygen atoms in total. The van der Waals surface area contributed by atoms with Crippen LogP contribution in [-0.4, -0.2) is 87.3 Å². The second-order valence-corrected chi connectivity index (χ2v) is 9.31. The Bertz CT molecular complexity index is 510. The molecule has 32 heavy (non-hydrogen) atoms. The molecule has 186 valence electrons. The van der Waals surface area contributed by atoms with E-state index in [-0.39, 0.29) is 31.0 Å². The third-order valence-corrected chi connectivity index (χ3v) is 6.73. The fourth-order valence-electron chi connectivity index (χ4n) is 5.04. The fourth-order valence-corrected chi connectivity index (χ4v) is 5.04. The smallest absolute Gasteiger partial charge is 0.329 e. The molecule has 1 aliphatic heterocycles. The minimum atomic E-state index is -0.981. The summed E-state index contributed by atoms with van der Waals surface area (Å²) in [7, 11) is 0. The molecule has 8 heteroatoms. The van der Waals surface area contributed by atoms with E-state index in [0.29, 0.717) is 46.1 Å². The topological polar surface area (TPSA) is 92.7 Å². The number of aliphatic carboxylic acids is 1. The molecule has 0 radical (unpaired) electrons. The maximum atomic E-state index is 11.3. The van der Waals surface area contributed by atoms with E-state index in [1.807, 2.05) is 0 Å². The summed E-state index contributed by atoms with van der Waals surface area (Å²) in [5.41, 5.74) is -0.794. The number of carboxylic acids is 1. The van der Waals surface area contributed by atoms with Crippen LogP contribution in [0.4, 0.5) is 0 Å². The van der Waals surface area contributed by atoms with Crippen molar-refractivity contribution in [1.82, 2.24) is 0 Å². The maximum Gasteiger partial charge on any atom is 0.329 e. The highest BCUT2D eigenvalue weighted by atomic mass is 16.6. The lowest BCUT2D eigenvalue weighted by molar-refractivity contribution is -0.199. The van der Waals surface area contributed by atoms with E-state index in [1.54, 1.807) is 0 Å². The Morgan fingerprint density at radius 3 is 1.72 bits per heavy atom. The molecule has 1 N–H and O–H groups in total. The second kappa shape index (κ2) is 13.8. The minimum Gasteiger partial charge on any atom is -0.480 e. The molecule has 0 amide bonds. The first-order chi connectivity index (χ1) is 15.6. The zero-order chi connectivity index (χ0) is 22.7. The lowest BCUT2D eigenvalue weighted by Crippen LogP contribution is -2.49. The molecule has 0 aromatic heterocycles. The van der Waals surface area contributed by atoms with E-state index in [4.69, 9.17) is 28.4 Å². The Balaban J connectivity index is 1.74. The summed E-state index contributed by atoms with van der Waals surface area (Å²) in [6, 6.07) is 0. The highest BCUT2D eigenvalue weighted by Gasteiger charge is 2.38. The minimum absolute atomic E-state index is 0.0212. The first kappa shape index (κ1) is 25.8. The largest absolute Gasteiger partial charge is 0.480 e. The van der Waals surface area contributed by atoms with Gasteiger partial charge in [-0.15, -0.1) is 0 Å². The van der Waals surface area contributed by atoms with Crippen molar-refractivity contribution in [3.05, 3.63) is 0 Å². The van der Waals surface area contributed by atoms with Crippen LogP contribution in [0.5, 0.6) is 0 Å². The summed E-state index contributed by atoms with van der Waals surface area (Å²) in [5, 5.41) is 9.28. The number of ether oxygens (including phenoxy) is 6. The Morgan fingerprint density at radius 2 is 1.28 bits per heavy atom. The standard InChI is InChI=1S/C24H42O8/c1-2-11-24(32-16-23(25)26)17-30-21-9-5-3-7-19(21)28-14-12-27-13-15-29-20-8-4-6-10-22(20)31-18-24/h19-22H,2-18H2,1H3,(H,25,26). The van der Waals surface area contributed by atoms with Crippen molar-refractivity contribution in [3.8, 4) is 0 Å². The van der Waals surface area contributed by atoms with Crippen LogP contribution in [0.2, 0.25) is 0 Å². The van der Waals surface area contributed by atoms with E-state index in [2.05, 4.69) is 6.92 Å². The van der Waals surface area contributed by atoms with E-state index >= 15 is 0 Å². The summed E-state index contributed by atoms with van der Waals surface area (Å²) in [5.74, 6) is -0.981. The lowest BCUT2D eigenvalue weighted by Gasteiger charge is -2.39. The van der Waals surface area contributed by atoms with Gasteiger partial charge in [0.05, 0.1) is 64.1 Å². The number of carbonyl (C=O) groups is 1. The SMILES string of the molecule is CCCC1(OCC(=O)O)COC2CCCCC2OCCOCCOC2CCCCC2OC1. The van der Waals surface area contributed by atoms with Gasteiger partial charge >= 0.3 is 5.97 Å². The Hall–Kier alpha value is -0.770. The number of carboxylic acid groups (broad SMARTS) is 1. The van der Waals surface area contributed by atoms with Crippen molar-refractivity contribution in [2.24, 2.45) is 0 Å². The molecule has 3 fully saturated rings. The van der Waals surface area contributed by atoms with Crippen molar-refractivity contribution in [2.45, 2.75) is 101 Å². The van der Waals surface area contributed by atoms with Gasteiger partial charge in [0.2, 0.25) is 0 Å². The van der Waals surface area contributed by atoms with Crippen molar-refractivity contribution in [2.75, 3.05) is 46.2 Å². The van der Waals surface area contributed by atoms with Gasteiger partial charge in [-0.25, -0.2) is 4.79 Å². The van der Waals surface area contributed by atoms with Gasteiger partial charge in [-0.1, -0.05) is 39.0 Å². The van der Waals surface area contributed by atoms with Crippen LogP contribution < -0.4 is 0 Å². The van der Waals surface area contributed by atoms with Gasteiger partial charge < -0.3 is 33.5 Å². The van der Waals surface area contributed by atoms with Gasteiger partial charge in [0.1, 0.15) is 12.2 Å². The lowest BCUT2D eigenvalue weighted by atomic mass is 9.93. The molecule has 4 unspecified atom stereocenters. The van der Waals surface area contributed by atoms with Crippen molar-refractivity contribution in [1.29, 1.82) is 0 Å². The zero-order valence-electron chi connectivity index (χ0n) is 19.6. The molecule has 0 aromatic carbocycles. The predicted molar refractivity (Wildman–Crippen MR) is 118 cm³/mol. The number of hydrogen-bond acceptors (Lipinski definition) is 7. The first-order valence-electron chi connectivity index (χ1n) is 12.5. The van der Waals surface area contributed by atoms with Crippen LogP contribution in [-0.2, 0) is 33.2 Å². The average Bonchev–Trinajstić information content (AvgIpc) is 2.80. The highest BCUT2D eigenvalue weighted by Crippen LogP contribution is 2.30. The van der Waals surface area contributed by atoms with E-state index in [9.17, 15) is 9.90 Å². The van der Waals surface area contributed by atoms with Crippen LogP contribution in [0, 0.1) is 0 Å². The summed E-state index contributed by atoms with van der Waals surface area (Å²) in [4.78, 5) is 11.3. The Morgan fingerprint density at radius 1 is 0.812 bits per heavy atom. The molecule has 0 bridgehead atoms. The number of fused-ring (bicyclic) bond motifs is 2. The summed E-state index contributed by atoms with van der Waals surface area (Å²) in [6.07, 6.45) is 9.79. The Kier molecular flexibility index (Phi) is 11.2. The van der Waals surface area contributed by atoms with Gasteiger partial charge in [-0.05, 0) is 32.1 Å². The predicted octanol–water partition coefficient (Wildman–Crippen LogP) is 3.35. The molecule has 0 aromatic rings. The fraction of sp³-hybridized carbons (Fsp3) is 0.958. The monoisotopic (exact) mass is 458 g/mol. The molecule has 3 aliphatic rings. The van der Waals surface area contributed by atoms with E-state index in [1.165, 1.54) is 0 Å². The summed E-state index contributed by atoms with van der Waals surface area (Å²) >= 11 is 0. The summed E-state index contributed by atoms with van der Waals surface area (Å²) < 4.78 is 36.7. The maximum absolute atomic E-state index is 11.3. The van der Waals surface area contributed by atoms with Gasteiger partial charge in [0, 0.05) is 0 Å². The quantitative estimate of drug-likeness (QED) is 0.671. The van der Waals surface area contributed by atoms with E-state index < -0.39 is 11.6 Å². The molecule has 3 rings (SSSR count). The third-order valence-electron chi connectivity index (χ3n) is 6.73. The van der Waals surface area contributed by atoms with Crippen LogP contribution in [0.3, 0.4) is 0 Å². The molecule has 2 saturated carbocycles. The van der Waals surface area contributed by atoms with Crippen LogP contribution >= 0.6 is 0 Å². The van der Waals surface area contributed by atoms with Gasteiger partial charge in [-0.3, -0.25) is 0 Å². The highest BCUT2D eigenvalue weighted by molar-refractivity contribution is 5.68. The molecule has 1 saturated heterocycles. The van der Waals surface area contributed by atoms with Crippen LogP contribution in [0.1, 0.15) is 71.1 Å². The normalized spacial score (nSPS) is 36.0. The second-order valence-electron chi connectivity index (χ2n) is 9.31. The Labute approximate surface area is 192 Å². The van der Waals surface area contributed by atoms with Crippen LogP contribution in [0.15, 0.2) is 0 Å². The van der Waals surface area contributed by atoms with Crippen molar-refractivity contribution >= 4 is 5.97 Å². The summed E-state index contributed by atoms with van der Waals surface area (Å²) in [6.45, 7) is 4.46. The molecular formula is C24H42O8. The molecular weight excluding hydrogens is 416 g/mol. The van der Waals surface area contributed by atoms with Gasteiger partial charge in [0.15, 0.2) is 0 Å². The average molecular weight is 459 g/mol. The number of hydrogen-bond donors (Lipinski definition) is 1. The molecule has 0 spiro atoms. The zero-order valence-corrected chi connectivity index (χ0v) is 19.6. The molecule has 1 heterocycles. The van der Waals surface area contributed by atoms with E-state index in [0.717, 1.165) is 57.8 Å². The number of rotatable bonds is 5. The molecule has 2 aliphatic carbocycles. The first-order valence-corrected chi connectivity index (χ1v) is 12.5. The van der Waals surface area contributed by atoms with Crippen molar-refractivity contribution < 1.29 is 38.3 Å². The van der Waals surface area contributed by atoms with Crippen LogP contribution in [0.25, 0.3) is 0 Å². The molecule has 4 atom stereocenters. The van der Waals surface area contributed by atoms with Gasteiger partial charge in [-0.2, -0.15) is 0 Å². The van der Waals surface area contributed by atoms with Gasteiger partial charge in [0.25, 0.3) is 0 Å². The third kappa shape index (κ3) is 8.22. The van der Waals surface area contributed by atoms with Crippen molar-refractivity contribution in [3.63, 3.8) is 0 Å².